The van der Waals surface area contributed by atoms with Gasteiger partial charge in [0.25, 0.3) is 0 Å². The molecular weight excluding hydrogens is 283 g/mol. The maximum atomic E-state index is 13.4. The van der Waals surface area contributed by atoms with E-state index in [2.05, 4.69) is 10.6 Å². The molecule has 1 aliphatic carbocycles. The summed E-state index contributed by atoms with van der Waals surface area (Å²) in [6.45, 7) is 4.48. The van der Waals surface area contributed by atoms with Gasteiger partial charge in [-0.25, -0.2) is 4.39 Å². The summed E-state index contributed by atoms with van der Waals surface area (Å²) >= 11 is 0. The fourth-order valence-corrected chi connectivity index (χ4v) is 3.35. The van der Waals surface area contributed by atoms with Crippen LogP contribution in [0.25, 0.3) is 0 Å². The first-order chi connectivity index (χ1) is 10.6. The fraction of sp³-hybridized carbons (Fsp3) is 0.588. The van der Waals surface area contributed by atoms with Crippen molar-refractivity contribution in [2.24, 2.45) is 11.3 Å². The summed E-state index contributed by atoms with van der Waals surface area (Å²) in [6.07, 6.45) is 3.93. The Bertz CT molecular complexity index is 556. The van der Waals surface area contributed by atoms with Crippen LogP contribution < -0.4 is 15.4 Å². The van der Waals surface area contributed by atoms with Crippen LogP contribution in [0.2, 0.25) is 0 Å². The highest BCUT2D eigenvalue weighted by Crippen LogP contribution is 2.58. The van der Waals surface area contributed by atoms with E-state index in [1.165, 1.54) is 12.1 Å². The zero-order valence-corrected chi connectivity index (χ0v) is 13.0. The number of benzene rings is 1. The summed E-state index contributed by atoms with van der Waals surface area (Å²) < 4.78 is 18.9. The van der Waals surface area contributed by atoms with Gasteiger partial charge in [-0.15, -0.1) is 0 Å². The molecule has 2 fully saturated rings. The molecule has 1 saturated carbocycles. The van der Waals surface area contributed by atoms with Crippen LogP contribution in [0.15, 0.2) is 18.2 Å². The molecule has 4 nitrogen and oxygen atoms in total. The van der Waals surface area contributed by atoms with Gasteiger partial charge in [0.15, 0.2) is 0 Å². The Morgan fingerprint density at radius 1 is 1.45 bits per heavy atom. The fourth-order valence-electron chi connectivity index (χ4n) is 3.35. The first-order valence-electron chi connectivity index (χ1n) is 8.08. The summed E-state index contributed by atoms with van der Waals surface area (Å²) in [5.41, 5.74) is 0.760. The zero-order chi connectivity index (χ0) is 15.6. The molecule has 3 rings (SSSR count). The molecule has 1 heterocycles. The van der Waals surface area contributed by atoms with Crippen molar-refractivity contribution in [1.29, 1.82) is 0 Å². The molecule has 0 bridgehead atoms. The number of carbonyl (C=O) groups is 1. The Kier molecular flexibility index (Phi) is 4.34. The summed E-state index contributed by atoms with van der Waals surface area (Å²) in [6, 6.07) is 4.26. The molecule has 1 atom stereocenters. The Labute approximate surface area is 130 Å². The van der Waals surface area contributed by atoms with Crippen molar-refractivity contribution in [1.82, 2.24) is 5.32 Å². The number of hydrogen-bond donors (Lipinski definition) is 2. The highest BCUT2D eigenvalue weighted by Gasteiger charge is 2.57. The Morgan fingerprint density at radius 3 is 2.95 bits per heavy atom. The summed E-state index contributed by atoms with van der Waals surface area (Å²) in [4.78, 5) is 12.5. The van der Waals surface area contributed by atoms with Crippen LogP contribution in [0.4, 0.5) is 10.1 Å². The molecule has 0 aromatic heterocycles. The van der Waals surface area contributed by atoms with Gasteiger partial charge in [-0.1, -0.05) is 6.92 Å². The highest BCUT2D eigenvalue weighted by molar-refractivity contribution is 5.96. The lowest BCUT2D eigenvalue weighted by Crippen LogP contribution is -2.31. The van der Waals surface area contributed by atoms with Crippen LogP contribution >= 0.6 is 0 Å². The quantitative estimate of drug-likeness (QED) is 0.879. The van der Waals surface area contributed by atoms with Crippen molar-refractivity contribution in [2.45, 2.75) is 32.6 Å². The molecule has 1 aliphatic heterocycles. The van der Waals surface area contributed by atoms with Crippen molar-refractivity contribution in [2.75, 3.05) is 25.0 Å². The second kappa shape index (κ2) is 6.24. The van der Waals surface area contributed by atoms with Gasteiger partial charge in [0.2, 0.25) is 5.91 Å². The van der Waals surface area contributed by atoms with E-state index in [4.69, 9.17) is 4.74 Å². The predicted molar refractivity (Wildman–Crippen MR) is 83.5 cm³/mol. The molecule has 1 saturated heterocycles. The van der Waals surface area contributed by atoms with E-state index < -0.39 is 0 Å². The van der Waals surface area contributed by atoms with E-state index >= 15 is 0 Å². The van der Waals surface area contributed by atoms with E-state index in [-0.39, 0.29) is 23.1 Å². The number of nitrogens with one attached hydrogen (secondary N) is 2. The summed E-state index contributed by atoms with van der Waals surface area (Å²) in [7, 11) is 0. The van der Waals surface area contributed by atoms with Gasteiger partial charge >= 0.3 is 0 Å². The van der Waals surface area contributed by atoms with Gasteiger partial charge in [-0.3, -0.25) is 4.79 Å². The molecule has 2 N–H and O–H groups in total. The van der Waals surface area contributed by atoms with E-state index in [0.717, 1.165) is 38.8 Å². The minimum absolute atomic E-state index is 0.0369. The Balaban J connectivity index is 1.66. The molecule has 1 aromatic carbocycles. The van der Waals surface area contributed by atoms with Crippen LogP contribution in [-0.4, -0.2) is 25.6 Å². The van der Waals surface area contributed by atoms with E-state index in [9.17, 15) is 9.18 Å². The molecular formula is C17H23FN2O2. The lowest BCUT2D eigenvalue weighted by molar-refractivity contribution is -0.118. The highest BCUT2D eigenvalue weighted by atomic mass is 19.1. The second-order valence-corrected chi connectivity index (χ2v) is 6.35. The number of piperidine rings is 1. The number of rotatable bonds is 5. The maximum absolute atomic E-state index is 13.4. The number of amides is 1. The number of hydrogen-bond acceptors (Lipinski definition) is 3. The van der Waals surface area contributed by atoms with Gasteiger partial charge < -0.3 is 15.4 Å². The average Bonchev–Trinajstić information content (AvgIpc) is 3.21. The van der Waals surface area contributed by atoms with Crippen molar-refractivity contribution in [3.8, 4) is 5.75 Å². The molecule has 1 aromatic rings. The average molecular weight is 306 g/mol. The Morgan fingerprint density at radius 2 is 2.23 bits per heavy atom. The Hall–Kier alpha value is -1.62. The topological polar surface area (TPSA) is 50.4 Å². The molecule has 1 unspecified atom stereocenters. The van der Waals surface area contributed by atoms with Gasteiger partial charge in [0.05, 0.1) is 12.3 Å². The molecule has 0 radical (unpaired) electrons. The van der Waals surface area contributed by atoms with Gasteiger partial charge in [-0.2, -0.15) is 0 Å². The van der Waals surface area contributed by atoms with Crippen LogP contribution in [0.3, 0.4) is 0 Å². The molecule has 5 heteroatoms. The minimum Gasteiger partial charge on any atom is -0.491 e. The number of ether oxygens (including phenoxy) is 1. The van der Waals surface area contributed by atoms with Crippen LogP contribution in [0.5, 0.6) is 5.75 Å². The number of halogens is 1. The van der Waals surface area contributed by atoms with Crippen LogP contribution in [0, 0.1) is 17.2 Å². The van der Waals surface area contributed by atoms with Gasteiger partial charge in [0.1, 0.15) is 11.6 Å². The lowest BCUT2D eigenvalue weighted by Gasteiger charge is -2.23. The van der Waals surface area contributed by atoms with E-state index in [1.807, 2.05) is 6.92 Å². The van der Waals surface area contributed by atoms with Crippen molar-refractivity contribution in [3.05, 3.63) is 24.0 Å². The first kappa shape index (κ1) is 15.3. The standard InChI is InChI=1S/C17H23FN2O2/c1-2-9-22-15-10-12(18)3-4-14(15)20-16(21)13-11-17(13)5-7-19-8-6-17/h3-4,10,13,19H,2,5-9,11H2,1H3,(H,20,21). The van der Waals surface area contributed by atoms with Crippen molar-refractivity contribution in [3.63, 3.8) is 0 Å². The molecule has 1 amide bonds. The first-order valence-corrected chi connectivity index (χ1v) is 8.08. The van der Waals surface area contributed by atoms with E-state index in [0.29, 0.717) is 18.0 Å². The van der Waals surface area contributed by atoms with Gasteiger partial charge in [0, 0.05) is 12.0 Å². The lowest BCUT2D eigenvalue weighted by atomic mass is 9.92. The molecule has 2 aliphatic rings. The summed E-state index contributed by atoms with van der Waals surface area (Å²) in [5, 5.41) is 6.26. The van der Waals surface area contributed by atoms with Crippen molar-refractivity contribution < 1.29 is 13.9 Å². The monoisotopic (exact) mass is 306 g/mol. The van der Waals surface area contributed by atoms with Crippen molar-refractivity contribution >= 4 is 11.6 Å². The predicted octanol–water partition coefficient (Wildman–Crippen LogP) is 2.94. The minimum atomic E-state index is -0.356. The van der Waals surface area contributed by atoms with Crippen LogP contribution in [0.1, 0.15) is 32.6 Å². The number of anilines is 1. The zero-order valence-electron chi connectivity index (χ0n) is 13.0. The second-order valence-electron chi connectivity index (χ2n) is 6.35. The smallest absolute Gasteiger partial charge is 0.228 e. The molecule has 1 spiro atoms. The third-order valence-electron chi connectivity index (χ3n) is 4.77. The largest absolute Gasteiger partial charge is 0.491 e. The third-order valence-corrected chi connectivity index (χ3v) is 4.77. The third kappa shape index (κ3) is 3.09. The number of carbonyl (C=O) groups excluding carboxylic acids is 1. The maximum Gasteiger partial charge on any atom is 0.228 e. The summed E-state index contributed by atoms with van der Waals surface area (Å²) in [5.74, 6) is 0.175. The normalized spacial score (nSPS) is 22.4. The molecule has 120 valence electrons. The van der Waals surface area contributed by atoms with E-state index in [1.54, 1.807) is 6.07 Å². The SMILES string of the molecule is CCCOc1cc(F)ccc1NC(=O)C1CC12CCNCC2. The molecule has 22 heavy (non-hydrogen) atoms. The van der Waals surface area contributed by atoms with Crippen LogP contribution in [-0.2, 0) is 4.79 Å². The van der Waals surface area contributed by atoms with Gasteiger partial charge in [-0.05, 0) is 56.3 Å².